The molecule has 0 bridgehead atoms. The van der Waals surface area contributed by atoms with Gasteiger partial charge in [0.2, 0.25) is 0 Å². The quantitative estimate of drug-likeness (QED) is 0.770. The van der Waals surface area contributed by atoms with Crippen LogP contribution in [-0.2, 0) is 0 Å². The Hall–Kier alpha value is -0.900. The molecule has 14 heavy (non-hydrogen) atoms. The lowest BCUT2D eigenvalue weighted by Gasteiger charge is -2.33. The molecule has 1 aliphatic rings. The van der Waals surface area contributed by atoms with Gasteiger partial charge in [-0.1, -0.05) is 13.3 Å². The van der Waals surface area contributed by atoms with Gasteiger partial charge in [-0.2, -0.15) is 5.10 Å². The molecule has 0 saturated heterocycles. The van der Waals surface area contributed by atoms with Gasteiger partial charge in [0, 0.05) is 0 Å². The molecule has 1 fully saturated rings. The molecule has 2 rings (SSSR count). The van der Waals surface area contributed by atoms with E-state index >= 15 is 0 Å². The van der Waals surface area contributed by atoms with Crippen LogP contribution < -0.4 is 5.73 Å². The second-order valence-corrected chi connectivity index (χ2v) is 4.36. The molecular weight excluding hydrogens is 176 g/mol. The number of nitrogens with zero attached hydrogens (tertiary/aromatic N) is 3. The fraction of sp³-hybridized carbons (Fsp3) is 0.800. The Kier molecular flexibility index (Phi) is 2.82. The second kappa shape index (κ2) is 4.09. The highest BCUT2D eigenvalue weighted by molar-refractivity contribution is 4.83. The minimum atomic E-state index is 0.464. The Morgan fingerprint density at radius 1 is 1.50 bits per heavy atom. The van der Waals surface area contributed by atoms with Gasteiger partial charge in [0.05, 0.1) is 6.04 Å². The van der Waals surface area contributed by atoms with Gasteiger partial charge in [-0.05, 0) is 31.2 Å². The summed E-state index contributed by atoms with van der Waals surface area (Å²) < 4.78 is 1.98. The predicted octanol–water partition coefficient (Wildman–Crippen LogP) is 1.21. The molecule has 1 heterocycles. The summed E-state index contributed by atoms with van der Waals surface area (Å²) in [4.78, 5) is 4.00. The van der Waals surface area contributed by atoms with E-state index in [0.717, 1.165) is 12.5 Å². The lowest BCUT2D eigenvalue weighted by atomic mass is 9.79. The summed E-state index contributed by atoms with van der Waals surface area (Å²) in [6, 6.07) is 0.464. The summed E-state index contributed by atoms with van der Waals surface area (Å²) in [5.41, 5.74) is 5.78. The summed E-state index contributed by atoms with van der Waals surface area (Å²) >= 11 is 0. The first kappa shape index (κ1) is 9.65. The minimum absolute atomic E-state index is 0.464. The zero-order chi connectivity index (χ0) is 9.97. The van der Waals surface area contributed by atoms with Crippen molar-refractivity contribution in [3.8, 4) is 0 Å². The van der Waals surface area contributed by atoms with Crippen molar-refractivity contribution in [2.24, 2.45) is 17.6 Å². The van der Waals surface area contributed by atoms with Gasteiger partial charge in [-0.3, -0.25) is 0 Å². The van der Waals surface area contributed by atoms with Crippen LogP contribution >= 0.6 is 0 Å². The zero-order valence-electron chi connectivity index (χ0n) is 8.63. The number of rotatable bonds is 2. The van der Waals surface area contributed by atoms with E-state index in [9.17, 15) is 0 Å². The third kappa shape index (κ3) is 1.80. The average Bonchev–Trinajstić information content (AvgIpc) is 2.70. The molecule has 0 amide bonds. The SMILES string of the molecule is CC1CCC(CN)C(n2cncn2)C1. The van der Waals surface area contributed by atoms with Crippen molar-refractivity contribution in [1.82, 2.24) is 14.8 Å². The molecule has 4 heteroatoms. The van der Waals surface area contributed by atoms with E-state index in [1.54, 1.807) is 6.33 Å². The van der Waals surface area contributed by atoms with Crippen molar-refractivity contribution >= 4 is 0 Å². The minimum Gasteiger partial charge on any atom is -0.330 e. The van der Waals surface area contributed by atoms with E-state index in [4.69, 9.17) is 5.73 Å². The van der Waals surface area contributed by atoms with Crippen LogP contribution in [0.4, 0.5) is 0 Å². The van der Waals surface area contributed by atoms with E-state index < -0.39 is 0 Å². The molecule has 1 aromatic rings. The van der Waals surface area contributed by atoms with Crippen molar-refractivity contribution in [2.75, 3.05) is 6.54 Å². The fourth-order valence-corrected chi connectivity index (χ4v) is 2.40. The first-order valence-corrected chi connectivity index (χ1v) is 5.35. The highest BCUT2D eigenvalue weighted by Crippen LogP contribution is 2.35. The normalized spacial score (nSPS) is 33.1. The first-order chi connectivity index (χ1) is 6.81. The number of aromatic nitrogens is 3. The summed E-state index contributed by atoms with van der Waals surface area (Å²) in [5, 5.41) is 4.22. The van der Waals surface area contributed by atoms with Crippen LogP contribution in [0.1, 0.15) is 32.2 Å². The van der Waals surface area contributed by atoms with Gasteiger partial charge >= 0.3 is 0 Å². The van der Waals surface area contributed by atoms with Gasteiger partial charge in [-0.25, -0.2) is 9.67 Å². The first-order valence-electron chi connectivity index (χ1n) is 5.35. The Morgan fingerprint density at radius 2 is 2.36 bits per heavy atom. The highest BCUT2D eigenvalue weighted by Gasteiger charge is 2.29. The zero-order valence-corrected chi connectivity index (χ0v) is 8.63. The van der Waals surface area contributed by atoms with E-state index in [0.29, 0.717) is 12.0 Å². The molecule has 78 valence electrons. The number of hydrogen-bond acceptors (Lipinski definition) is 3. The maximum absolute atomic E-state index is 5.78. The van der Waals surface area contributed by atoms with Crippen molar-refractivity contribution in [3.63, 3.8) is 0 Å². The van der Waals surface area contributed by atoms with E-state index in [-0.39, 0.29) is 0 Å². The molecule has 1 aromatic heterocycles. The van der Waals surface area contributed by atoms with Crippen LogP contribution in [0.2, 0.25) is 0 Å². The van der Waals surface area contributed by atoms with Crippen LogP contribution in [0, 0.1) is 11.8 Å². The number of nitrogens with two attached hydrogens (primary N) is 1. The summed E-state index contributed by atoms with van der Waals surface area (Å²) in [6.45, 7) is 3.06. The average molecular weight is 194 g/mol. The maximum Gasteiger partial charge on any atom is 0.137 e. The molecule has 3 unspecified atom stereocenters. The van der Waals surface area contributed by atoms with Gasteiger partial charge in [0.1, 0.15) is 12.7 Å². The smallest absolute Gasteiger partial charge is 0.137 e. The molecule has 0 aromatic carbocycles. The predicted molar refractivity (Wildman–Crippen MR) is 54.6 cm³/mol. The van der Waals surface area contributed by atoms with Gasteiger partial charge in [0.15, 0.2) is 0 Å². The van der Waals surface area contributed by atoms with Crippen LogP contribution in [-0.4, -0.2) is 21.3 Å². The van der Waals surface area contributed by atoms with Crippen LogP contribution in [0.15, 0.2) is 12.7 Å². The van der Waals surface area contributed by atoms with Crippen LogP contribution in [0.5, 0.6) is 0 Å². The van der Waals surface area contributed by atoms with Crippen molar-refractivity contribution in [2.45, 2.75) is 32.2 Å². The monoisotopic (exact) mass is 194 g/mol. The third-order valence-electron chi connectivity index (χ3n) is 3.30. The van der Waals surface area contributed by atoms with Crippen molar-refractivity contribution < 1.29 is 0 Å². The fourth-order valence-electron chi connectivity index (χ4n) is 2.40. The molecule has 0 radical (unpaired) electrons. The maximum atomic E-state index is 5.78. The molecule has 1 aliphatic carbocycles. The molecule has 3 atom stereocenters. The molecular formula is C10H18N4. The third-order valence-corrected chi connectivity index (χ3v) is 3.30. The second-order valence-electron chi connectivity index (χ2n) is 4.36. The standard InChI is InChI=1S/C10H18N4/c1-8-2-3-9(5-11)10(4-8)14-7-12-6-13-14/h6-10H,2-5,11H2,1H3. The summed E-state index contributed by atoms with van der Waals surface area (Å²) in [5.74, 6) is 1.36. The van der Waals surface area contributed by atoms with Crippen molar-refractivity contribution in [3.05, 3.63) is 12.7 Å². The number of hydrogen-bond donors (Lipinski definition) is 1. The van der Waals surface area contributed by atoms with Crippen LogP contribution in [0.25, 0.3) is 0 Å². The van der Waals surface area contributed by atoms with Gasteiger partial charge < -0.3 is 5.73 Å². The summed E-state index contributed by atoms with van der Waals surface area (Å²) in [6.07, 6.45) is 7.12. The Balaban J connectivity index is 2.13. The van der Waals surface area contributed by atoms with E-state index in [1.165, 1.54) is 19.3 Å². The highest BCUT2D eigenvalue weighted by atomic mass is 15.3. The lowest BCUT2D eigenvalue weighted by molar-refractivity contribution is 0.185. The molecule has 2 N–H and O–H groups in total. The topological polar surface area (TPSA) is 56.7 Å². The van der Waals surface area contributed by atoms with Gasteiger partial charge in [-0.15, -0.1) is 0 Å². The molecule has 4 nitrogen and oxygen atoms in total. The van der Waals surface area contributed by atoms with E-state index in [2.05, 4.69) is 17.0 Å². The lowest BCUT2D eigenvalue weighted by Crippen LogP contribution is -2.32. The summed E-state index contributed by atoms with van der Waals surface area (Å²) in [7, 11) is 0. The van der Waals surface area contributed by atoms with E-state index in [1.807, 2.05) is 11.0 Å². The van der Waals surface area contributed by atoms with Gasteiger partial charge in [0.25, 0.3) is 0 Å². The Bertz CT molecular complexity index is 270. The molecule has 1 saturated carbocycles. The Labute approximate surface area is 84.5 Å². The largest absolute Gasteiger partial charge is 0.330 e. The molecule has 0 spiro atoms. The van der Waals surface area contributed by atoms with Crippen molar-refractivity contribution in [1.29, 1.82) is 0 Å². The van der Waals surface area contributed by atoms with Crippen LogP contribution in [0.3, 0.4) is 0 Å². The molecule has 0 aliphatic heterocycles. The Morgan fingerprint density at radius 3 is 3.00 bits per heavy atom.